The minimum absolute atomic E-state index is 0.260. The lowest BCUT2D eigenvalue weighted by Gasteiger charge is -2.08. The Hall–Kier alpha value is -3.16. The third kappa shape index (κ3) is 3.43. The Morgan fingerprint density at radius 2 is 2.00 bits per heavy atom. The zero-order valence-electron chi connectivity index (χ0n) is 13.6. The van der Waals surface area contributed by atoms with Crippen LogP contribution in [0.3, 0.4) is 0 Å². The third-order valence-corrected chi connectivity index (χ3v) is 3.72. The summed E-state index contributed by atoms with van der Waals surface area (Å²) in [7, 11) is 1.83. The van der Waals surface area contributed by atoms with Crippen LogP contribution in [-0.2, 0) is 20.0 Å². The first-order valence-corrected chi connectivity index (χ1v) is 7.69. The molecule has 0 spiro atoms. The number of carbonyl (C=O) groups excluding carboxylic acids is 1. The number of H-pyrrole nitrogens is 1. The number of hydrogen-bond acceptors (Lipinski definition) is 4. The highest BCUT2D eigenvalue weighted by atomic mass is 16.2. The number of rotatable bonds is 5. The first-order valence-electron chi connectivity index (χ1n) is 7.69. The van der Waals surface area contributed by atoms with Gasteiger partial charge < -0.3 is 10.6 Å². The molecule has 0 unspecified atom stereocenters. The second-order valence-electron chi connectivity index (χ2n) is 5.32. The van der Waals surface area contributed by atoms with Crippen molar-refractivity contribution in [3.63, 3.8) is 0 Å². The molecule has 3 N–H and O–H groups in total. The predicted octanol–water partition coefficient (Wildman–Crippen LogP) is 2.09. The van der Waals surface area contributed by atoms with Gasteiger partial charge in [0.25, 0.3) is 0 Å². The van der Waals surface area contributed by atoms with Gasteiger partial charge in [-0.1, -0.05) is 19.1 Å². The van der Waals surface area contributed by atoms with Crippen LogP contribution < -0.4 is 10.6 Å². The highest BCUT2D eigenvalue weighted by Gasteiger charge is 2.14. The maximum atomic E-state index is 12.0. The van der Waals surface area contributed by atoms with E-state index < -0.39 is 0 Å². The molecular formula is C16H19N7O. The zero-order chi connectivity index (χ0) is 16.9. The Morgan fingerprint density at radius 1 is 1.21 bits per heavy atom. The lowest BCUT2D eigenvalue weighted by atomic mass is 10.1. The summed E-state index contributed by atoms with van der Waals surface area (Å²) in [6, 6.07) is 9.31. The lowest BCUT2D eigenvalue weighted by molar-refractivity contribution is 0.251. The van der Waals surface area contributed by atoms with Crippen molar-refractivity contribution in [1.29, 1.82) is 0 Å². The minimum Gasteiger partial charge on any atom is -0.332 e. The summed E-state index contributed by atoms with van der Waals surface area (Å²) in [6.45, 7) is 2.35. The molecule has 0 aliphatic carbocycles. The molecule has 2 aromatic heterocycles. The van der Waals surface area contributed by atoms with E-state index in [1.165, 1.54) is 5.56 Å². The van der Waals surface area contributed by atoms with Crippen LogP contribution in [0.1, 0.15) is 18.2 Å². The second-order valence-corrected chi connectivity index (χ2v) is 5.32. The number of anilines is 1. The van der Waals surface area contributed by atoms with Gasteiger partial charge in [0.15, 0.2) is 0 Å². The smallest absolute Gasteiger partial charge is 0.319 e. The highest BCUT2D eigenvalue weighted by molar-refractivity contribution is 5.89. The quantitative estimate of drug-likeness (QED) is 0.668. The van der Waals surface area contributed by atoms with Crippen molar-refractivity contribution in [1.82, 2.24) is 30.5 Å². The van der Waals surface area contributed by atoms with E-state index in [4.69, 9.17) is 0 Å². The summed E-state index contributed by atoms with van der Waals surface area (Å²) in [5.74, 6) is 0. The largest absolute Gasteiger partial charge is 0.332 e. The summed E-state index contributed by atoms with van der Waals surface area (Å²) in [4.78, 5) is 12.0. The Balaban J connectivity index is 1.61. The van der Waals surface area contributed by atoms with Gasteiger partial charge >= 0.3 is 6.03 Å². The van der Waals surface area contributed by atoms with Crippen LogP contribution in [0, 0.1) is 0 Å². The molecule has 0 aliphatic rings. The zero-order valence-corrected chi connectivity index (χ0v) is 13.6. The van der Waals surface area contributed by atoms with Crippen LogP contribution in [0.25, 0.3) is 11.4 Å². The molecule has 0 radical (unpaired) electrons. The van der Waals surface area contributed by atoms with E-state index in [2.05, 4.69) is 38.1 Å². The Morgan fingerprint density at radius 3 is 2.67 bits per heavy atom. The predicted molar refractivity (Wildman–Crippen MR) is 90.3 cm³/mol. The summed E-state index contributed by atoms with van der Waals surface area (Å²) in [5, 5.41) is 20.5. The number of aryl methyl sites for hydroxylation is 2. The van der Waals surface area contributed by atoms with Crippen molar-refractivity contribution in [2.45, 2.75) is 19.9 Å². The summed E-state index contributed by atoms with van der Waals surface area (Å²) in [5.41, 5.74) is 4.12. The molecule has 3 rings (SSSR count). The summed E-state index contributed by atoms with van der Waals surface area (Å²) >= 11 is 0. The lowest BCUT2D eigenvalue weighted by Crippen LogP contribution is -2.28. The number of nitrogens with one attached hydrogen (secondary N) is 3. The van der Waals surface area contributed by atoms with E-state index in [1.807, 2.05) is 37.4 Å². The van der Waals surface area contributed by atoms with Gasteiger partial charge in [0.1, 0.15) is 11.4 Å². The first kappa shape index (κ1) is 15.7. The number of amides is 2. The number of aromatic nitrogens is 5. The van der Waals surface area contributed by atoms with Gasteiger partial charge in [-0.3, -0.25) is 4.68 Å². The molecule has 2 heterocycles. The van der Waals surface area contributed by atoms with Crippen LogP contribution in [-0.4, -0.2) is 31.2 Å². The summed E-state index contributed by atoms with van der Waals surface area (Å²) in [6.07, 6.45) is 2.66. The molecule has 124 valence electrons. The molecule has 0 atom stereocenters. The second kappa shape index (κ2) is 6.95. The Bertz CT molecular complexity index is 819. The van der Waals surface area contributed by atoms with Crippen LogP contribution >= 0.6 is 0 Å². The molecule has 24 heavy (non-hydrogen) atoms. The molecule has 8 heteroatoms. The number of nitrogens with zero attached hydrogens (tertiary/aromatic N) is 4. The molecule has 8 nitrogen and oxygen atoms in total. The van der Waals surface area contributed by atoms with E-state index in [-0.39, 0.29) is 12.6 Å². The number of urea groups is 1. The van der Waals surface area contributed by atoms with Crippen LogP contribution in [0.2, 0.25) is 0 Å². The van der Waals surface area contributed by atoms with Gasteiger partial charge in [0.2, 0.25) is 0 Å². The molecule has 0 saturated carbocycles. The van der Waals surface area contributed by atoms with Crippen molar-refractivity contribution >= 4 is 11.7 Å². The van der Waals surface area contributed by atoms with Gasteiger partial charge in [-0.25, -0.2) is 4.79 Å². The van der Waals surface area contributed by atoms with Crippen molar-refractivity contribution in [3.8, 4) is 11.4 Å². The van der Waals surface area contributed by atoms with Gasteiger partial charge in [-0.05, 0) is 30.2 Å². The van der Waals surface area contributed by atoms with Gasteiger partial charge in [0.05, 0.1) is 12.2 Å². The van der Waals surface area contributed by atoms with E-state index in [0.29, 0.717) is 11.4 Å². The standard InChI is InChI=1S/C16H19N7O/c1-3-11-4-6-12(7-5-11)19-16(24)17-10-13-15(21-22-20-13)14-8-9-18-23(14)2/h4-9H,3,10H2,1-2H3,(H2,17,19,24)(H,20,21,22). The summed E-state index contributed by atoms with van der Waals surface area (Å²) < 4.78 is 1.71. The van der Waals surface area contributed by atoms with Crippen LogP contribution in [0.5, 0.6) is 0 Å². The molecule has 0 aliphatic heterocycles. The average Bonchev–Trinajstić information content (AvgIpc) is 3.21. The fraction of sp³-hybridized carbons (Fsp3) is 0.250. The van der Waals surface area contributed by atoms with Crippen LogP contribution in [0.4, 0.5) is 10.5 Å². The Kier molecular flexibility index (Phi) is 4.55. The number of carbonyl (C=O) groups is 1. The number of benzene rings is 1. The van der Waals surface area contributed by atoms with E-state index in [0.717, 1.165) is 17.8 Å². The fourth-order valence-electron chi connectivity index (χ4n) is 2.35. The molecule has 3 aromatic rings. The van der Waals surface area contributed by atoms with Crippen molar-refractivity contribution in [2.75, 3.05) is 5.32 Å². The highest BCUT2D eigenvalue weighted by Crippen LogP contribution is 2.18. The first-order chi connectivity index (χ1) is 11.7. The van der Waals surface area contributed by atoms with E-state index in [9.17, 15) is 4.79 Å². The maximum Gasteiger partial charge on any atom is 0.319 e. The normalized spacial score (nSPS) is 10.6. The molecule has 0 fully saturated rings. The van der Waals surface area contributed by atoms with E-state index >= 15 is 0 Å². The minimum atomic E-state index is -0.293. The van der Waals surface area contributed by atoms with Crippen molar-refractivity contribution in [2.24, 2.45) is 7.05 Å². The van der Waals surface area contributed by atoms with Crippen molar-refractivity contribution < 1.29 is 4.79 Å². The maximum absolute atomic E-state index is 12.0. The number of hydrogen-bond donors (Lipinski definition) is 3. The molecule has 0 saturated heterocycles. The fourth-order valence-corrected chi connectivity index (χ4v) is 2.35. The third-order valence-electron chi connectivity index (χ3n) is 3.72. The topological polar surface area (TPSA) is 101 Å². The monoisotopic (exact) mass is 325 g/mol. The average molecular weight is 325 g/mol. The van der Waals surface area contributed by atoms with Crippen LogP contribution in [0.15, 0.2) is 36.5 Å². The van der Waals surface area contributed by atoms with Gasteiger partial charge in [-0.15, -0.1) is 0 Å². The SMILES string of the molecule is CCc1ccc(NC(=O)NCc2n[nH]nc2-c2ccnn2C)cc1. The molecular weight excluding hydrogens is 306 g/mol. The van der Waals surface area contributed by atoms with Crippen molar-refractivity contribution in [3.05, 3.63) is 47.8 Å². The molecule has 2 amide bonds. The van der Waals surface area contributed by atoms with Gasteiger partial charge in [-0.2, -0.15) is 20.5 Å². The van der Waals surface area contributed by atoms with E-state index in [1.54, 1.807) is 10.9 Å². The molecule has 0 bridgehead atoms. The van der Waals surface area contributed by atoms with Gasteiger partial charge in [0, 0.05) is 18.9 Å². The Labute approximate surface area is 139 Å². The number of aromatic amines is 1. The molecule has 1 aromatic carbocycles.